The molecule has 1 N–H and O–H groups in total. The molecule has 0 atom stereocenters. The highest BCUT2D eigenvalue weighted by Gasteiger charge is 2.30. The van der Waals surface area contributed by atoms with Gasteiger partial charge in [0.05, 0.1) is 11.1 Å². The molecule has 0 aliphatic heterocycles. The van der Waals surface area contributed by atoms with Gasteiger partial charge < -0.3 is 14.6 Å². The Labute approximate surface area is 255 Å². The molecule has 0 saturated carbocycles. The summed E-state index contributed by atoms with van der Waals surface area (Å²) >= 11 is 0. The van der Waals surface area contributed by atoms with Gasteiger partial charge in [-0.2, -0.15) is 0 Å². The number of phenols is 1. The van der Waals surface area contributed by atoms with E-state index in [-0.39, 0.29) is 16.6 Å². The number of aryl methyl sites for hydroxylation is 2. The van der Waals surface area contributed by atoms with Gasteiger partial charge in [-0.15, -0.1) is 0 Å². The molecule has 4 aromatic rings. The SMILES string of the molecule is CCc1cc(O)ccc1C(=O)Oc1ccc(C(=O)Oc2c(C(C)(C)C)cc(C)cc2C(C)(C)C)c(Cc2ccccc2)c1. The van der Waals surface area contributed by atoms with E-state index in [0.29, 0.717) is 46.6 Å². The molecule has 0 aliphatic carbocycles. The highest BCUT2D eigenvalue weighted by Crippen LogP contribution is 2.41. The molecular formula is C38H42O5. The predicted molar refractivity (Wildman–Crippen MR) is 172 cm³/mol. The summed E-state index contributed by atoms with van der Waals surface area (Å²) in [5.41, 5.74) is 5.74. The zero-order chi connectivity index (χ0) is 31.5. The summed E-state index contributed by atoms with van der Waals surface area (Å²) in [6.45, 7) is 16.7. The molecule has 4 aromatic carbocycles. The lowest BCUT2D eigenvalue weighted by molar-refractivity contribution is 0.0725. The molecule has 0 amide bonds. The number of hydrogen-bond acceptors (Lipinski definition) is 5. The number of carbonyl (C=O) groups excluding carboxylic acids is 2. The first-order valence-corrected chi connectivity index (χ1v) is 14.8. The quantitative estimate of drug-likeness (QED) is 0.175. The molecule has 0 radical (unpaired) electrons. The Morgan fingerprint density at radius 1 is 0.698 bits per heavy atom. The molecule has 5 heteroatoms. The lowest BCUT2D eigenvalue weighted by Gasteiger charge is -2.30. The van der Waals surface area contributed by atoms with E-state index in [1.807, 2.05) is 37.3 Å². The largest absolute Gasteiger partial charge is 0.508 e. The second-order valence-electron chi connectivity index (χ2n) is 13.1. The van der Waals surface area contributed by atoms with Crippen LogP contribution in [0.5, 0.6) is 17.2 Å². The first-order valence-electron chi connectivity index (χ1n) is 14.8. The second-order valence-corrected chi connectivity index (χ2v) is 13.1. The van der Waals surface area contributed by atoms with E-state index in [4.69, 9.17) is 9.47 Å². The third kappa shape index (κ3) is 7.53. The molecule has 0 spiro atoms. The van der Waals surface area contributed by atoms with Crippen molar-refractivity contribution < 1.29 is 24.2 Å². The Morgan fingerprint density at radius 2 is 1.26 bits per heavy atom. The van der Waals surface area contributed by atoms with Gasteiger partial charge in [-0.05, 0) is 83.7 Å². The molecule has 0 unspecified atom stereocenters. The number of phenolic OH excluding ortho intramolecular Hbond substituents is 1. The van der Waals surface area contributed by atoms with Crippen molar-refractivity contribution in [3.05, 3.63) is 123 Å². The Bertz CT molecular complexity index is 1600. The summed E-state index contributed by atoms with van der Waals surface area (Å²) in [4.78, 5) is 27.1. The number of hydrogen-bond donors (Lipinski definition) is 1. The molecule has 224 valence electrons. The van der Waals surface area contributed by atoms with Crippen LogP contribution in [0.4, 0.5) is 0 Å². The van der Waals surface area contributed by atoms with Gasteiger partial charge in [0.25, 0.3) is 0 Å². The third-order valence-corrected chi connectivity index (χ3v) is 7.48. The van der Waals surface area contributed by atoms with Crippen molar-refractivity contribution in [3.63, 3.8) is 0 Å². The summed E-state index contributed by atoms with van der Waals surface area (Å²) in [5, 5.41) is 9.85. The van der Waals surface area contributed by atoms with Gasteiger partial charge in [0, 0.05) is 11.1 Å². The maximum atomic E-state index is 14.0. The van der Waals surface area contributed by atoms with Crippen LogP contribution in [0.25, 0.3) is 0 Å². The minimum absolute atomic E-state index is 0.0965. The molecule has 0 heterocycles. The fraction of sp³-hybridized carbons (Fsp3) is 0.316. The fourth-order valence-electron chi connectivity index (χ4n) is 5.17. The number of rotatable bonds is 7. The van der Waals surface area contributed by atoms with Gasteiger partial charge >= 0.3 is 11.9 Å². The van der Waals surface area contributed by atoms with Gasteiger partial charge in [0.2, 0.25) is 0 Å². The van der Waals surface area contributed by atoms with Crippen molar-refractivity contribution >= 4 is 11.9 Å². The monoisotopic (exact) mass is 578 g/mol. The van der Waals surface area contributed by atoms with Crippen molar-refractivity contribution in [1.29, 1.82) is 0 Å². The van der Waals surface area contributed by atoms with Crippen LogP contribution < -0.4 is 9.47 Å². The molecule has 0 bridgehead atoms. The molecule has 0 aromatic heterocycles. The van der Waals surface area contributed by atoms with Crippen LogP contribution in [0.2, 0.25) is 0 Å². The van der Waals surface area contributed by atoms with E-state index >= 15 is 0 Å². The van der Waals surface area contributed by atoms with Crippen molar-refractivity contribution in [1.82, 2.24) is 0 Å². The third-order valence-electron chi connectivity index (χ3n) is 7.48. The molecule has 5 nitrogen and oxygen atoms in total. The van der Waals surface area contributed by atoms with Crippen LogP contribution in [0.15, 0.2) is 78.9 Å². The minimum atomic E-state index is -0.526. The van der Waals surface area contributed by atoms with Crippen LogP contribution in [0, 0.1) is 6.92 Å². The number of aromatic hydroxyl groups is 1. The van der Waals surface area contributed by atoms with Crippen molar-refractivity contribution in [2.45, 2.75) is 79.1 Å². The van der Waals surface area contributed by atoms with Gasteiger partial charge in [-0.25, -0.2) is 9.59 Å². The first-order chi connectivity index (χ1) is 20.2. The number of ether oxygens (including phenoxy) is 2. The highest BCUT2D eigenvalue weighted by atomic mass is 16.5. The Hall–Kier alpha value is -4.38. The summed E-state index contributed by atoms with van der Waals surface area (Å²) in [5.74, 6) is 0.0247. The first kappa shape index (κ1) is 31.6. The molecule has 0 aliphatic rings. The molecule has 0 fully saturated rings. The molecular weight excluding hydrogens is 536 g/mol. The topological polar surface area (TPSA) is 72.8 Å². The normalized spacial score (nSPS) is 11.7. The van der Waals surface area contributed by atoms with Gasteiger partial charge in [0.15, 0.2) is 0 Å². The molecule has 43 heavy (non-hydrogen) atoms. The predicted octanol–water partition coefficient (Wildman–Crippen LogP) is 8.89. The summed E-state index contributed by atoms with van der Waals surface area (Å²) in [6.07, 6.45) is 1.01. The Kier molecular flexibility index (Phi) is 9.15. The highest BCUT2D eigenvalue weighted by molar-refractivity contribution is 5.95. The van der Waals surface area contributed by atoms with Gasteiger partial charge in [0.1, 0.15) is 17.2 Å². The van der Waals surface area contributed by atoms with Gasteiger partial charge in [-0.3, -0.25) is 0 Å². The van der Waals surface area contributed by atoms with Crippen molar-refractivity contribution in [2.75, 3.05) is 0 Å². The number of benzene rings is 4. The van der Waals surface area contributed by atoms with E-state index in [1.54, 1.807) is 30.3 Å². The van der Waals surface area contributed by atoms with Crippen LogP contribution in [0.3, 0.4) is 0 Å². The van der Waals surface area contributed by atoms with E-state index in [1.165, 1.54) is 6.07 Å². The van der Waals surface area contributed by atoms with E-state index in [2.05, 4.69) is 60.6 Å². The zero-order valence-electron chi connectivity index (χ0n) is 26.5. The summed E-state index contributed by atoms with van der Waals surface area (Å²) in [6, 6.07) is 23.7. The standard InChI is InChI=1S/C38H42O5/c1-9-26-22-28(39)15-17-30(26)35(40)42-29-16-18-31(27(23-29)21-25-13-11-10-12-14-25)36(41)43-34-32(37(3,4)5)19-24(2)20-33(34)38(6,7)8/h10-20,22-23,39H,9,21H2,1-8H3. The summed E-state index contributed by atoms with van der Waals surface area (Å²) in [7, 11) is 0. The molecule has 4 rings (SSSR count). The second kappa shape index (κ2) is 12.5. The number of carbonyl (C=O) groups is 2. The van der Waals surface area contributed by atoms with Crippen LogP contribution in [-0.2, 0) is 23.7 Å². The average molecular weight is 579 g/mol. The lowest BCUT2D eigenvalue weighted by atomic mass is 9.78. The van der Waals surface area contributed by atoms with E-state index < -0.39 is 11.9 Å². The van der Waals surface area contributed by atoms with Crippen LogP contribution >= 0.6 is 0 Å². The lowest BCUT2D eigenvalue weighted by Crippen LogP contribution is -2.23. The smallest absolute Gasteiger partial charge is 0.343 e. The maximum absolute atomic E-state index is 14.0. The average Bonchev–Trinajstić information content (AvgIpc) is 2.93. The van der Waals surface area contributed by atoms with Crippen LogP contribution in [-0.4, -0.2) is 17.0 Å². The minimum Gasteiger partial charge on any atom is -0.508 e. The van der Waals surface area contributed by atoms with Crippen molar-refractivity contribution in [3.8, 4) is 17.2 Å². The van der Waals surface area contributed by atoms with Crippen molar-refractivity contribution in [2.24, 2.45) is 0 Å². The number of esters is 2. The maximum Gasteiger partial charge on any atom is 0.343 e. The van der Waals surface area contributed by atoms with Crippen LogP contribution in [0.1, 0.15) is 103 Å². The van der Waals surface area contributed by atoms with E-state index in [0.717, 1.165) is 22.3 Å². The Morgan fingerprint density at radius 3 is 1.84 bits per heavy atom. The fourth-order valence-corrected chi connectivity index (χ4v) is 5.17. The zero-order valence-corrected chi connectivity index (χ0v) is 26.5. The Balaban J connectivity index is 1.76. The van der Waals surface area contributed by atoms with E-state index in [9.17, 15) is 14.7 Å². The summed E-state index contributed by atoms with van der Waals surface area (Å²) < 4.78 is 12.1. The van der Waals surface area contributed by atoms with Gasteiger partial charge in [-0.1, -0.05) is 96.5 Å². The molecule has 0 saturated heterocycles.